The molecule has 1 atom stereocenters. The predicted octanol–water partition coefficient (Wildman–Crippen LogP) is 2.56. The molecule has 0 bridgehead atoms. The standard InChI is InChI=1S/C15H22N4S/c1-3-14-17-18-15-5-4-12(10-19(14)15)8-16-9-13-11(2)6-7-20-13/h6-7,12,16H,3-5,8-10H2,1-2H3. The first-order chi connectivity index (χ1) is 9.78. The van der Waals surface area contributed by atoms with E-state index in [1.807, 2.05) is 11.3 Å². The molecular formula is C15H22N4S. The SMILES string of the molecule is CCc1nnc2n1CC(CNCc1sccc1C)CC2. The zero-order valence-electron chi connectivity index (χ0n) is 12.2. The van der Waals surface area contributed by atoms with E-state index in [1.54, 1.807) is 0 Å². The van der Waals surface area contributed by atoms with Crippen LogP contribution in [-0.2, 0) is 25.9 Å². The van der Waals surface area contributed by atoms with Gasteiger partial charge in [-0.1, -0.05) is 6.92 Å². The van der Waals surface area contributed by atoms with Gasteiger partial charge in [0.2, 0.25) is 0 Å². The molecule has 0 saturated carbocycles. The van der Waals surface area contributed by atoms with Crippen molar-refractivity contribution in [2.24, 2.45) is 5.92 Å². The van der Waals surface area contributed by atoms with Crippen molar-refractivity contribution in [3.8, 4) is 0 Å². The summed E-state index contributed by atoms with van der Waals surface area (Å²) in [5.74, 6) is 3.01. The zero-order valence-corrected chi connectivity index (χ0v) is 13.0. The Morgan fingerprint density at radius 3 is 3.10 bits per heavy atom. The quantitative estimate of drug-likeness (QED) is 0.920. The number of fused-ring (bicyclic) bond motifs is 1. The Hall–Kier alpha value is -1.20. The van der Waals surface area contributed by atoms with Crippen molar-refractivity contribution < 1.29 is 0 Å². The number of rotatable bonds is 5. The van der Waals surface area contributed by atoms with E-state index < -0.39 is 0 Å². The van der Waals surface area contributed by atoms with Gasteiger partial charge in [-0.15, -0.1) is 21.5 Å². The van der Waals surface area contributed by atoms with E-state index in [9.17, 15) is 0 Å². The molecular weight excluding hydrogens is 268 g/mol. The van der Waals surface area contributed by atoms with Gasteiger partial charge in [-0.2, -0.15) is 0 Å². The van der Waals surface area contributed by atoms with Gasteiger partial charge in [0.15, 0.2) is 0 Å². The van der Waals surface area contributed by atoms with Crippen LogP contribution in [0.15, 0.2) is 11.4 Å². The van der Waals surface area contributed by atoms with Crippen molar-refractivity contribution in [3.63, 3.8) is 0 Å². The van der Waals surface area contributed by atoms with Crippen molar-refractivity contribution in [1.82, 2.24) is 20.1 Å². The Labute approximate surface area is 124 Å². The second-order valence-corrected chi connectivity index (χ2v) is 6.56. The first kappa shape index (κ1) is 13.8. The van der Waals surface area contributed by atoms with E-state index in [4.69, 9.17) is 0 Å². The number of aromatic nitrogens is 3. The lowest BCUT2D eigenvalue weighted by Gasteiger charge is -2.24. The molecule has 1 unspecified atom stereocenters. The van der Waals surface area contributed by atoms with E-state index in [1.165, 1.54) is 22.7 Å². The summed E-state index contributed by atoms with van der Waals surface area (Å²) in [7, 11) is 0. The normalized spacial score (nSPS) is 18.2. The highest BCUT2D eigenvalue weighted by Crippen LogP contribution is 2.20. The average molecular weight is 290 g/mol. The highest BCUT2D eigenvalue weighted by Gasteiger charge is 2.21. The van der Waals surface area contributed by atoms with Gasteiger partial charge < -0.3 is 9.88 Å². The van der Waals surface area contributed by atoms with E-state index >= 15 is 0 Å². The summed E-state index contributed by atoms with van der Waals surface area (Å²) in [6.07, 6.45) is 3.26. The van der Waals surface area contributed by atoms with Gasteiger partial charge in [0.05, 0.1) is 0 Å². The Bertz CT molecular complexity index is 559. The molecule has 0 saturated heterocycles. The van der Waals surface area contributed by atoms with Crippen LogP contribution in [0, 0.1) is 12.8 Å². The van der Waals surface area contributed by atoms with Gasteiger partial charge in [0.1, 0.15) is 11.6 Å². The van der Waals surface area contributed by atoms with Crippen molar-refractivity contribution in [3.05, 3.63) is 33.5 Å². The average Bonchev–Trinajstić information content (AvgIpc) is 3.05. The highest BCUT2D eigenvalue weighted by molar-refractivity contribution is 7.10. The molecule has 0 aliphatic carbocycles. The first-order valence-corrected chi connectivity index (χ1v) is 8.30. The van der Waals surface area contributed by atoms with Crippen LogP contribution in [0.2, 0.25) is 0 Å². The summed E-state index contributed by atoms with van der Waals surface area (Å²) in [4.78, 5) is 1.46. The number of thiophene rings is 1. The molecule has 0 aromatic carbocycles. The van der Waals surface area contributed by atoms with Gasteiger partial charge >= 0.3 is 0 Å². The van der Waals surface area contributed by atoms with Crippen molar-refractivity contribution >= 4 is 11.3 Å². The number of aryl methyl sites for hydroxylation is 3. The van der Waals surface area contributed by atoms with E-state index in [-0.39, 0.29) is 0 Å². The Morgan fingerprint density at radius 2 is 2.35 bits per heavy atom. The number of hydrogen-bond acceptors (Lipinski definition) is 4. The van der Waals surface area contributed by atoms with Crippen LogP contribution in [0.5, 0.6) is 0 Å². The lowest BCUT2D eigenvalue weighted by Crippen LogP contribution is -2.30. The molecule has 0 spiro atoms. The summed E-state index contributed by atoms with van der Waals surface area (Å²) < 4.78 is 2.33. The molecule has 0 fully saturated rings. The molecule has 0 amide bonds. The van der Waals surface area contributed by atoms with Crippen LogP contribution in [0.25, 0.3) is 0 Å². The number of nitrogens with one attached hydrogen (secondary N) is 1. The minimum Gasteiger partial charge on any atom is -0.315 e. The summed E-state index contributed by atoms with van der Waals surface area (Å²) in [5, 5.41) is 14.4. The van der Waals surface area contributed by atoms with Crippen LogP contribution in [0.1, 0.15) is 35.4 Å². The van der Waals surface area contributed by atoms with E-state index in [2.05, 4.69) is 45.4 Å². The predicted molar refractivity (Wildman–Crippen MR) is 82.0 cm³/mol. The van der Waals surface area contributed by atoms with Crippen LogP contribution < -0.4 is 5.32 Å². The molecule has 1 aliphatic heterocycles. The number of nitrogens with zero attached hydrogens (tertiary/aromatic N) is 3. The van der Waals surface area contributed by atoms with Crippen LogP contribution in [0.3, 0.4) is 0 Å². The van der Waals surface area contributed by atoms with Gasteiger partial charge in [0.25, 0.3) is 0 Å². The molecule has 108 valence electrons. The third-order valence-electron chi connectivity index (χ3n) is 4.12. The Kier molecular flexibility index (Phi) is 4.17. The molecule has 1 aliphatic rings. The van der Waals surface area contributed by atoms with Crippen molar-refractivity contribution in [2.45, 2.75) is 46.2 Å². The highest BCUT2D eigenvalue weighted by atomic mass is 32.1. The maximum absolute atomic E-state index is 4.29. The second-order valence-electron chi connectivity index (χ2n) is 5.56. The zero-order chi connectivity index (χ0) is 13.9. The maximum atomic E-state index is 4.29. The fraction of sp³-hybridized carbons (Fsp3) is 0.600. The molecule has 5 heteroatoms. The minimum atomic E-state index is 0.698. The molecule has 3 heterocycles. The van der Waals surface area contributed by atoms with Gasteiger partial charge in [-0.25, -0.2) is 0 Å². The fourth-order valence-corrected chi connectivity index (χ4v) is 3.73. The third kappa shape index (κ3) is 2.79. The second kappa shape index (κ2) is 6.06. The monoisotopic (exact) mass is 290 g/mol. The maximum Gasteiger partial charge on any atom is 0.133 e. The lowest BCUT2D eigenvalue weighted by molar-refractivity contribution is 0.343. The fourth-order valence-electron chi connectivity index (χ4n) is 2.85. The lowest BCUT2D eigenvalue weighted by atomic mass is 9.99. The van der Waals surface area contributed by atoms with Crippen LogP contribution in [-0.4, -0.2) is 21.3 Å². The molecule has 4 nitrogen and oxygen atoms in total. The minimum absolute atomic E-state index is 0.698. The molecule has 0 radical (unpaired) electrons. The molecule has 3 rings (SSSR count). The Morgan fingerprint density at radius 1 is 1.45 bits per heavy atom. The van der Waals surface area contributed by atoms with Crippen molar-refractivity contribution in [1.29, 1.82) is 0 Å². The summed E-state index contributed by atoms with van der Waals surface area (Å²) in [6.45, 7) is 7.49. The summed E-state index contributed by atoms with van der Waals surface area (Å²) in [5.41, 5.74) is 1.40. The molecule has 2 aromatic rings. The largest absolute Gasteiger partial charge is 0.315 e. The third-order valence-corrected chi connectivity index (χ3v) is 5.15. The number of hydrogen-bond donors (Lipinski definition) is 1. The first-order valence-electron chi connectivity index (χ1n) is 7.42. The topological polar surface area (TPSA) is 42.7 Å². The van der Waals surface area contributed by atoms with E-state index in [0.29, 0.717) is 5.92 Å². The van der Waals surface area contributed by atoms with Crippen LogP contribution in [0.4, 0.5) is 0 Å². The Balaban J connectivity index is 1.54. The molecule has 1 N–H and O–H groups in total. The van der Waals surface area contributed by atoms with Crippen molar-refractivity contribution in [2.75, 3.05) is 6.54 Å². The molecule has 20 heavy (non-hydrogen) atoms. The van der Waals surface area contributed by atoms with E-state index in [0.717, 1.165) is 38.3 Å². The van der Waals surface area contributed by atoms with Gasteiger partial charge in [-0.3, -0.25) is 0 Å². The summed E-state index contributed by atoms with van der Waals surface area (Å²) in [6, 6.07) is 2.19. The van der Waals surface area contributed by atoms with Crippen LogP contribution >= 0.6 is 11.3 Å². The van der Waals surface area contributed by atoms with Gasteiger partial charge in [-0.05, 0) is 36.3 Å². The smallest absolute Gasteiger partial charge is 0.133 e. The summed E-state index contributed by atoms with van der Waals surface area (Å²) >= 11 is 1.84. The van der Waals surface area contributed by atoms with Gasteiger partial charge in [0, 0.05) is 37.4 Å². The molecule has 2 aromatic heterocycles.